The van der Waals surface area contributed by atoms with E-state index in [9.17, 15) is 19.7 Å². The highest BCUT2D eigenvalue weighted by molar-refractivity contribution is 6.39. The maximum absolute atomic E-state index is 11.9. The molecule has 0 spiro atoms. The van der Waals surface area contributed by atoms with Crippen LogP contribution in [-0.2, 0) is 9.59 Å². The average Bonchev–Trinajstić information content (AvgIpc) is 2.63. The molecule has 0 aromatic heterocycles. The van der Waals surface area contributed by atoms with Crippen LogP contribution in [0.4, 0.5) is 11.4 Å². The summed E-state index contributed by atoms with van der Waals surface area (Å²) >= 11 is 0. The number of rotatable bonds is 6. The SMILES string of the molecule is CCOc1ccccc1NC(=O)C(=O)NN=Cc1ccccc1[N+](=O)[O-]. The third-order valence-electron chi connectivity index (χ3n) is 3.14. The van der Waals surface area contributed by atoms with E-state index in [0.29, 0.717) is 18.0 Å². The third kappa shape index (κ3) is 4.87. The van der Waals surface area contributed by atoms with Crippen molar-refractivity contribution < 1.29 is 19.2 Å². The number of nitrogens with one attached hydrogen (secondary N) is 2. The van der Waals surface area contributed by atoms with Crippen molar-refractivity contribution in [1.82, 2.24) is 5.43 Å². The van der Waals surface area contributed by atoms with Crippen LogP contribution in [0.2, 0.25) is 0 Å². The fraction of sp³-hybridized carbons (Fsp3) is 0.118. The van der Waals surface area contributed by atoms with E-state index < -0.39 is 16.7 Å². The Bertz CT molecular complexity index is 851. The van der Waals surface area contributed by atoms with Crippen LogP contribution < -0.4 is 15.5 Å². The number of hydrazone groups is 1. The molecular weight excluding hydrogens is 340 g/mol. The molecule has 2 N–H and O–H groups in total. The number of benzene rings is 2. The van der Waals surface area contributed by atoms with E-state index in [2.05, 4.69) is 10.4 Å². The lowest BCUT2D eigenvalue weighted by Crippen LogP contribution is -2.32. The molecule has 0 fully saturated rings. The van der Waals surface area contributed by atoms with E-state index in [1.54, 1.807) is 37.3 Å². The maximum atomic E-state index is 11.9. The number of hydrogen-bond acceptors (Lipinski definition) is 6. The largest absolute Gasteiger partial charge is 0.492 e. The molecule has 0 aliphatic rings. The molecule has 0 bridgehead atoms. The normalized spacial score (nSPS) is 10.3. The molecule has 0 saturated heterocycles. The standard InChI is InChI=1S/C17H16N4O5/c1-2-26-15-10-6-4-8-13(15)19-16(22)17(23)20-18-11-12-7-3-5-9-14(12)21(24)25/h3-11H,2H2,1H3,(H,19,22)(H,20,23). The van der Waals surface area contributed by atoms with Crippen molar-refractivity contribution in [3.63, 3.8) is 0 Å². The Balaban J connectivity index is 2.00. The van der Waals surface area contributed by atoms with Gasteiger partial charge in [0, 0.05) is 6.07 Å². The van der Waals surface area contributed by atoms with Crippen molar-refractivity contribution in [2.24, 2.45) is 5.10 Å². The van der Waals surface area contributed by atoms with Gasteiger partial charge in [0.2, 0.25) is 0 Å². The first kappa shape index (κ1) is 18.6. The Hall–Kier alpha value is -3.75. The molecule has 0 unspecified atom stereocenters. The van der Waals surface area contributed by atoms with Gasteiger partial charge >= 0.3 is 11.8 Å². The molecule has 0 aliphatic heterocycles. The van der Waals surface area contributed by atoms with Gasteiger partial charge in [0.15, 0.2) is 0 Å². The van der Waals surface area contributed by atoms with Crippen molar-refractivity contribution in [3.05, 3.63) is 64.2 Å². The number of carbonyl (C=O) groups is 2. The van der Waals surface area contributed by atoms with Gasteiger partial charge in [-0.05, 0) is 25.1 Å². The summed E-state index contributed by atoms with van der Waals surface area (Å²) in [5.74, 6) is -1.54. The average molecular weight is 356 g/mol. The Labute approximate surface area is 148 Å². The van der Waals surface area contributed by atoms with Gasteiger partial charge in [0.05, 0.1) is 29.0 Å². The number of ether oxygens (including phenoxy) is 1. The second kappa shape index (κ2) is 8.92. The van der Waals surface area contributed by atoms with Crippen molar-refractivity contribution >= 4 is 29.4 Å². The van der Waals surface area contributed by atoms with Crippen LogP contribution >= 0.6 is 0 Å². The van der Waals surface area contributed by atoms with Gasteiger partial charge in [-0.1, -0.05) is 24.3 Å². The molecule has 0 saturated carbocycles. The molecular formula is C17H16N4O5. The zero-order chi connectivity index (χ0) is 18.9. The summed E-state index contributed by atoms with van der Waals surface area (Å²) in [6.45, 7) is 2.20. The fourth-order valence-electron chi connectivity index (χ4n) is 2.00. The molecule has 0 aliphatic carbocycles. The number of carbonyl (C=O) groups excluding carboxylic acids is 2. The lowest BCUT2D eigenvalue weighted by Gasteiger charge is -2.10. The number of hydrogen-bond donors (Lipinski definition) is 2. The number of amides is 2. The summed E-state index contributed by atoms with van der Waals surface area (Å²) in [6.07, 6.45) is 1.09. The number of nitro groups is 1. The van der Waals surface area contributed by atoms with Crippen molar-refractivity contribution in [1.29, 1.82) is 0 Å². The number of anilines is 1. The minimum absolute atomic E-state index is 0.166. The van der Waals surface area contributed by atoms with Gasteiger partial charge in [-0.3, -0.25) is 19.7 Å². The van der Waals surface area contributed by atoms with E-state index in [1.165, 1.54) is 18.2 Å². The van der Waals surface area contributed by atoms with E-state index in [4.69, 9.17) is 4.74 Å². The quantitative estimate of drug-likeness (QED) is 0.355. The summed E-state index contributed by atoms with van der Waals surface area (Å²) in [6, 6.07) is 12.5. The highest BCUT2D eigenvalue weighted by atomic mass is 16.6. The second-order valence-electron chi connectivity index (χ2n) is 4.90. The molecule has 0 radical (unpaired) electrons. The predicted octanol–water partition coefficient (Wildman–Crippen LogP) is 2.08. The summed E-state index contributed by atoms with van der Waals surface area (Å²) in [4.78, 5) is 34.1. The second-order valence-corrected chi connectivity index (χ2v) is 4.90. The lowest BCUT2D eigenvalue weighted by atomic mass is 10.2. The van der Waals surface area contributed by atoms with E-state index >= 15 is 0 Å². The highest BCUT2D eigenvalue weighted by Gasteiger charge is 2.15. The van der Waals surface area contributed by atoms with Crippen molar-refractivity contribution in [3.8, 4) is 5.75 Å². The Kier molecular flexibility index (Phi) is 6.38. The smallest absolute Gasteiger partial charge is 0.329 e. The van der Waals surface area contributed by atoms with Gasteiger partial charge in [-0.2, -0.15) is 5.10 Å². The van der Waals surface area contributed by atoms with Crippen LogP contribution in [0, 0.1) is 10.1 Å². The molecule has 0 heterocycles. The highest BCUT2D eigenvalue weighted by Crippen LogP contribution is 2.23. The van der Waals surface area contributed by atoms with Crippen molar-refractivity contribution in [2.45, 2.75) is 6.92 Å². The summed E-state index contributed by atoms with van der Waals surface area (Å²) in [5, 5.41) is 16.9. The number of para-hydroxylation sites is 3. The van der Waals surface area contributed by atoms with E-state index in [-0.39, 0.29) is 11.3 Å². The van der Waals surface area contributed by atoms with Crippen LogP contribution in [-0.4, -0.2) is 29.6 Å². The number of nitro benzene ring substituents is 1. The zero-order valence-electron chi connectivity index (χ0n) is 13.8. The van der Waals surface area contributed by atoms with Gasteiger partial charge in [0.25, 0.3) is 5.69 Å². The van der Waals surface area contributed by atoms with E-state index in [0.717, 1.165) is 6.21 Å². The molecule has 2 aromatic rings. The lowest BCUT2D eigenvalue weighted by molar-refractivity contribution is -0.385. The van der Waals surface area contributed by atoms with Crippen LogP contribution in [0.3, 0.4) is 0 Å². The van der Waals surface area contributed by atoms with Crippen LogP contribution in [0.1, 0.15) is 12.5 Å². The Morgan fingerprint density at radius 3 is 2.58 bits per heavy atom. The molecule has 2 amide bonds. The molecule has 9 nitrogen and oxygen atoms in total. The summed E-state index contributed by atoms with van der Waals surface area (Å²) in [7, 11) is 0. The number of nitrogens with zero attached hydrogens (tertiary/aromatic N) is 2. The minimum Gasteiger partial charge on any atom is -0.492 e. The first-order valence-electron chi connectivity index (χ1n) is 7.62. The van der Waals surface area contributed by atoms with E-state index in [1.807, 2.05) is 5.43 Å². The maximum Gasteiger partial charge on any atom is 0.329 e. The monoisotopic (exact) mass is 356 g/mol. The topological polar surface area (TPSA) is 123 Å². The van der Waals surface area contributed by atoms with Crippen LogP contribution in [0.25, 0.3) is 0 Å². The third-order valence-corrected chi connectivity index (χ3v) is 3.14. The van der Waals surface area contributed by atoms with Gasteiger partial charge < -0.3 is 10.1 Å². The predicted molar refractivity (Wildman–Crippen MR) is 95.1 cm³/mol. The van der Waals surface area contributed by atoms with Crippen molar-refractivity contribution in [2.75, 3.05) is 11.9 Å². The zero-order valence-corrected chi connectivity index (χ0v) is 13.8. The molecule has 2 aromatic carbocycles. The van der Waals surface area contributed by atoms with Gasteiger partial charge in [-0.25, -0.2) is 5.43 Å². The Morgan fingerprint density at radius 1 is 1.15 bits per heavy atom. The molecule has 0 atom stereocenters. The van der Waals surface area contributed by atoms with Crippen LogP contribution in [0.15, 0.2) is 53.6 Å². The summed E-state index contributed by atoms with van der Waals surface area (Å²) in [5.41, 5.74) is 2.40. The first-order valence-corrected chi connectivity index (χ1v) is 7.62. The minimum atomic E-state index is -1.02. The first-order chi connectivity index (χ1) is 12.5. The van der Waals surface area contributed by atoms with Gasteiger partial charge in [-0.15, -0.1) is 0 Å². The molecule has 134 valence electrons. The Morgan fingerprint density at radius 2 is 1.85 bits per heavy atom. The molecule has 26 heavy (non-hydrogen) atoms. The molecule has 9 heteroatoms. The fourth-order valence-corrected chi connectivity index (χ4v) is 2.00. The van der Waals surface area contributed by atoms with Gasteiger partial charge in [0.1, 0.15) is 5.75 Å². The van der Waals surface area contributed by atoms with Crippen LogP contribution in [0.5, 0.6) is 5.75 Å². The molecule has 2 rings (SSSR count). The summed E-state index contributed by atoms with van der Waals surface area (Å²) < 4.78 is 5.35.